The van der Waals surface area contributed by atoms with Crippen LogP contribution in [0, 0.1) is 11.8 Å². The van der Waals surface area contributed by atoms with Crippen LogP contribution in [0.1, 0.15) is 363 Å². The molecule has 0 aliphatic carbocycles. The van der Waals surface area contributed by atoms with Gasteiger partial charge >= 0.3 is 39.5 Å². The summed E-state index contributed by atoms with van der Waals surface area (Å²) in [5.74, 6) is -0.652. The van der Waals surface area contributed by atoms with Crippen LogP contribution in [-0.2, 0) is 65.4 Å². The van der Waals surface area contributed by atoms with Crippen molar-refractivity contribution in [2.24, 2.45) is 11.8 Å². The molecule has 0 amide bonds. The van der Waals surface area contributed by atoms with Gasteiger partial charge in [0.1, 0.15) is 19.3 Å². The molecule has 0 bridgehead atoms. The van der Waals surface area contributed by atoms with E-state index in [1.807, 2.05) is 0 Å². The van der Waals surface area contributed by atoms with E-state index in [0.29, 0.717) is 25.7 Å². The van der Waals surface area contributed by atoms with E-state index in [0.717, 1.165) is 115 Å². The standard InChI is InChI=1S/C71H138O17P2/c1-7-9-11-13-15-16-17-18-19-20-21-22-23-24-25-30-37-43-49-55-70(75)87-67(60-82-69(74)54-48-42-36-29-27-26-28-34-39-45-51-63(3)4)62-86-90(79,80)84-58-65(72)57-83-89(77,78)85-61-66(59-81-68(73)53-47-41-33-14-12-10-8-2)88-71(76)56-50-44-38-32-31-35-40-46-52-64(5)6/h63-67,72H,7-62H2,1-6H3,(H,77,78)(H,79,80)/t65-,66+,67+/m0/s1. The molecule has 0 rings (SSSR count). The third-order valence-electron chi connectivity index (χ3n) is 16.5. The van der Waals surface area contributed by atoms with E-state index in [2.05, 4.69) is 41.5 Å². The van der Waals surface area contributed by atoms with Crippen LogP contribution in [0.2, 0.25) is 0 Å². The molecular formula is C71H138O17P2. The first-order valence-corrected chi connectivity index (χ1v) is 40.0. The first-order chi connectivity index (χ1) is 43.4. The van der Waals surface area contributed by atoms with Crippen LogP contribution < -0.4 is 0 Å². The number of esters is 4. The lowest BCUT2D eigenvalue weighted by Crippen LogP contribution is -2.30. The zero-order valence-corrected chi connectivity index (χ0v) is 60.2. The number of rotatable bonds is 70. The fraction of sp³-hybridized carbons (Fsp3) is 0.944. The zero-order chi connectivity index (χ0) is 66.5. The van der Waals surface area contributed by atoms with Gasteiger partial charge in [-0.1, -0.05) is 311 Å². The fourth-order valence-corrected chi connectivity index (χ4v) is 12.3. The first kappa shape index (κ1) is 88.1. The lowest BCUT2D eigenvalue weighted by atomic mass is 10.0. The molecule has 0 aromatic carbocycles. The van der Waals surface area contributed by atoms with E-state index >= 15 is 0 Å². The van der Waals surface area contributed by atoms with Crippen molar-refractivity contribution in [1.82, 2.24) is 0 Å². The Hall–Kier alpha value is -1.94. The van der Waals surface area contributed by atoms with Gasteiger partial charge in [0.2, 0.25) is 0 Å². The smallest absolute Gasteiger partial charge is 0.462 e. The van der Waals surface area contributed by atoms with Gasteiger partial charge < -0.3 is 33.8 Å². The Bertz CT molecular complexity index is 1750. The maximum atomic E-state index is 13.0. The van der Waals surface area contributed by atoms with E-state index < -0.39 is 97.5 Å². The van der Waals surface area contributed by atoms with Crippen LogP contribution >= 0.6 is 15.6 Å². The molecule has 0 fully saturated rings. The summed E-state index contributed by atoms with van der Waals surface area (Å²) in [5, 5.41) is 10.6. The van der Waals surface area contributed by atoms with Crippen LogP contribution in [0.5, 0.6) is 0 Å². The van der Waals surface area contributed by atoms with Gasteiger partial charge in [-0.15, -0.1) is 0 Å². The monoisotopic (exact) mass is 1320 g/mol. The molecule has 534 valence electrons. The fourth-order valence-electron chi connectivity index (χ4n) is 10.8. The van der Waals surface area contributed by atoms with Gasteiger partial charge in [-0.05, 0) is 37.5 Å². The topological polar surface area (TPSA) is 237 Å². The summed E-state index contributed by atoms with van der Waals surface area (Å²) >= 11 is 0. The SMILES string of the molecule is CCCCCCCCCCCCCCCCCCCCCC(=O)O[C@H](COC(=O)CCCCCCCCCCCCC(C)C)COP(=O)(O)OC[C@@H](O)COP(=O)(O)OC[C@@H](COC(=O)CCCCCCCCC)OC(=O)CCCCCCCCCCC(C)C. The first-order valence-electron chi connectivity index (χ1n) is 37.0. The predicted octanol–water partition coefficient (Wildman–Crippen LogP) is 20.4. The maximum absolute atomic E-state index is 13.0. The van der Waals surface area contributed by atoms with Crippen molar-refractivity contribution in [3.63, 3.8) is 0 Å². The molecular weight excluding hydrogens is 1190 g/mol. The minimum absolute atomic E-state index is 0.104. The number of ether oxygens (including phenoxy) is 4. The Morgan fingerprint density at radius 3 is 0.756 bits per heavy atom. The van der Waals surface area contributed by atoms with Gasteiger partial charge in [-0.25, -0.2) is 9.13 Å². The zero-order valence-electron chi connectivity index (χ0n) is 58.4. The van der Waals surface area contributed by atoms with E-state index in [4.69, 9.17) is 37.0 Å². The lowest BCUT2D eigenvalue weighted by Gasteiger charge is -2.21. The summed E-state index contributed by atoms with van der Waals surface area (Å²) in [4.78, 5) is 72.4. The summed E-state index contributed by atoms with van der Waals surface area (Å²) in [6.45, 7) is 9.47. The molecule has 0 aliphatic heterocycles. The van der Waals surface area contributed by atoms with Crippen molar-refractivity contribution < 1.29 is 80.2 Å². The Labute approximate surface area is 549 Å². The van der Waals surface area contributed by atoms with Crippen molar-refractivity contribution in [3.8, 4) is 0 Å². The average molecular weight is 1330 g/mol. The average Bonchev–Trinajstić information content (AvgIpc) is 3.69. The highest BCUT2D eigenvalue weighted by molar-refractivity contribution is 7.47. The number of carbonyl (C=O) groups excluding carboxylic acids is 4. The second-order valence-corrected chi connectivity index (χ2v) is 29.5. The molecule has 17 nitrogen and oxygen atoms in total. The Morgan fingerprint density at radius 2 is 0.511 bits per heavy atom. The van der Waals surface area contributed by atoms with Gasteiger partial charge in [0.05, 0.1) is 26.4 Å². The summed E-state index contributed by atoms with van der Waals surface area (Å²) in [6, 6.07) is 0. The number of aliphatic hydroxyl groups is 1. The number of hydrogen-bond acceptors (Lipinski definition) is 15. The summed E-state index contributed by atoms with van der Waals surface area (Å²) in [5.41, 5.74) is 0. The van der Waals surface area contributed by atoms with Gasteiger partial charge in [0.25, 0.3) is 0 Å². The van der Waals surface area contributed by atoms with Gasteiger partial charge in [0, 0.05) is 25.7 Å². The number of hydrogen-bond donors (Lipinski definition) is 3. The van der Waals surface area contributed by atoms with Crippen LogP contribution in [0.15, 0.2) is 0 Å². The molecule has 0 saturated heterocycles. The quantitative estimate of drug-likeness (QED) is 0.0222. The highest BCUT2D eigenvalue weighted by atomic mass is 31.2. The molecule has 0 aromatic heterocycles. The molecule has 3 N–H and O–H groups in total. The second-order valence-electron chi connectivity index (χ2n) is 26.6. The summed E-state index contributed by atoms with van der Waals surface area (Å²) in [7, 11) is -9.90. The second kappa shape index (κ2) is 63.1. The van der Waals surface area contributed by atoms with Crippen LogP contribution in [-0.4, -0.2) is 96.7 Å². The number of unbranched alkanes of at least 4 members (excludes halogenated alkanes) is 40. The van der Waals surface area contributed by atoms with E-state index in [1.165, 1.54) is 167 Å². The highest BCUT2D eigenvalue weighted by Crippen LogP contribution is 2.45. The van der Waals surface area contributed by atoms with Gasteiger partial charge in [0.15, 0.2) is 12.2 Å². The molecule has 0 aromatic rings. The van der Waals surface area contributed by atoms with Crippen LogP contribution in [0.25, 0.3) is 0 Å². The summed E-state index contributed by atoms with van der Waals surface area (Å²) in [6.07, 6.45) is 48.8. The molecule has 0 radical (unpaired) electrons. The van der Waals surface area contributed by atoms with Crippen molar-refractivity contribution in [3.05, 3.63) is 0 Å². The summed E-state index contributed by atoms with van der Waals surface area (Å²) < 4.78 is 68.2. The van der Waals surface area contributed by atoms with Crippen molar-refractivity contribution in [1.29, 1.82) is 0 Å². The van der Waals surface area contributed by atoms with Gasteiger partial charge in [-0.2, -0.15) is 0 Å². The third kappa shape index (κ3) is 64.8. The Balaban J connectivity index is 5.18. The molecule has 19 heteroatoms. The Kier molecular flexibility index (Phi) is 61.8. The normalized spacial score (nSPS) is 14.1. The minimum atomic E-state index is -4.95. The van der Waals surface area contributed by atoms with Crippen molar-refractivity contribution in [2.45, 2.75) is 381 Å². The molecule has 0 heterocycles. The molecule has 0 spiro atoms. The van der Waals surface area contributed by atoms with Gasteiger partial charge in [-0.3, -0.25) is 37.3 Å². The lowest BCUT2D eigenvalue weighted by molar-refractivity contribution is -0.161. The number of aliphatic hydroxyl groups excluding tert-OH is 1. The Morgan fingerprint density at radius 1 is 0.300 bits per heavy atom. The minimum Gasteiger partial charge on any atom is -0.462 e. The van der Waals surface area contributed by atoms with E-state index in [1.54, 1.807) is 0 Å². The predicted molar refractivity (Wildman–Crippen MR) is 363 cm³/mol. The van der Waals surface area contributed by atoms with E-state index in [9.17, 15) is 43.2 Å². The molecule has 2 unspecified atom stereocenters. The third-order valence-corrected chi connectivity index (χ3v) is 18.4. The van der Waals surface area contributed by atoms with Crippen molar-refractivity contribution in [2.75, 3.05) is 39.6 Å². The molecule has 0 aliphatic rings. The molecule has 5 atom stereocenters. The van der Waals surface area contributed by atoms with E-state index in [-0.39, 0.29) is 25.7 Å². The highest BCUT2D eigenvalue weighted by Gasteiger charge is 2.30. The largest absolute Gasteiger partial charge is 0.472 e. The number of carbonyl (C=O) groups is 4. The number of phosphoric ester groups is 2. The number of phosphoric acid groups is 2. The van der Waals surface area contributed by atoms with Crippen LogP contribution in [0.3, 0.4) is 0 Å². The molecule has 90 heavy (non-hydrogen) atoms. The maximum Gasteiger partial charge on any atom is 0.472 e. The van der Waals surface area contributed by atoms with Crippen LogP contribution in [0.4, 0.5) is 0 Å². The van der Waals surface area contributed by atoms with Crippen molar-refractivity contribution >= 4 is 39.5 Å². The molecule has 0 saturated carbocycles.